The standard InChI is InChI=1S/C11H17N3O6/c12-2-4-19-5-6-8(16)9(17)10(20-6)14-3-1-7(15)13-11(14)18/h1,3,6,8-10,16-17H,2,4-5,12H2,(H,13,15,18)/t6-,8-,9-,10-/m1/s1. The summed E-state index contributed by atoms with van der Waals surface area (Å²) in [5, 5.41) is 19.8. The highest BCUT2D eigenvalue weighted by molar-refractivity contribution is 4.93. The average Bonchev–Trinajstić information content (AvgIpc) is 2.68. The molecule has 4 atom stereocenters. The van der Waals surface area contributed by atoms with E-state index in [1.54, 1.807) is 0 Å². The molecule has 0 radical (unpaired) electrons. The molecule has 1 fully saturated rings. The van der Waals surface area contributed by atoms with Crippen molar-refractivity contribution in [1.82, 2.24) is 9.55 Å². The third-order valence-electron chi connectivity index (χ3n) is 3.01. The first-order valence-electron chi connectivity index (χ1n) is 6.15. The topological polar surface area (TPSA) is 140 Å². The van der Waals surface area contributed by atoms with Crippen molar-refractivity contribution in [3.8, 4) is 0 Å². The van der Waals surface area contributed by atoms with Crippen molar-refractivity contribution in [3.05, 3.63) is 33.1 Å². The van der Waals surface area contributed by atoms with E-state index in [4.69, 9.17) is 15.2 Å². The summed E-state index contributed by atoms with van der Waals surface area (Å²) >= 11 is 0. The van der Waals surface area contributed by atoms with Crippen molar-refractivity contribution in [3.63, 3.8) is 0 Å². The Bertz CT molecular complexity index is 556. The summed E-state index contributed by atoms with van der Waals surface area (Å²) in [6.07, 6.45) is -3.16. The summed E-state index contributed by atoms with van der Waals surface area (Å²) in [5.74, 6) is 0. The van der Waals surface area contributed by atoms with Gasteiger partial charge in [0.25, 0.3) is 5.56 Å². The second kappa shape index (κ2) is 6.29. The fourth-order valence-corrected chi connectivity index (χ4v) is 2.01. The highest BCUT2D eigenvalue weighted by Crippen LogP contribution is 2.28. The summed E-state index contributed by atoms with van der Waals surface area (Å²) in [6.45, 7) is 0.671. The first kappa shape index (κ1) is 14.9. The van der Waals surface area contributed by atoms with Gasteiger partial charge in [0.05, 0.1) is 13.2 Å². The maximum absolute atomic E-state index is 11.6. The molecule has 112 valence electrons. The number of hydrogen-bond acceptors (Lipinski definition) is 7. The van der Waals surface area contributed by atoms with Crippen LogP contribution in [0.2, 0.25) is 0 Å². The van der Waals surface area contributed by atoms with E-state index in [-0.39, 0.29) is 6.61 Å². The van der Waals surface area contributed by atoms with Gasteiger partial charge in [-0.3, -0.25) is 14.3 Å². The molecule has 5 N–H and O–H groups in total. The highest BCUT2D eigenvalue weighted by Gasteiger charge is 2.44. The van der Waals surface area contributed by atoms with Gasteiger partial charge in [-0.2, -0.15) is 0 Å². The summed E-state index contributed by atoms with van der Waals surface area (Å²) in [4.78, 5) is 24.7. The molecule has 1 saturated heterocycles. The molecule has 0 aromatic carbocycles. The molecular formula is C11H17N3O6. The predicted molar refractivity (Wildman–Crippen MR) is 67.1 cm³/mol. The van der Waals surface area contributed by atoms with Crippen LogP contribution in [0, 0.1) is 0 Å². The van der Waals surface area contributed by atoms with Gasteiger partial charge in [0.2, 0.25) is 0 Å². The van der Waals surface area contributed by atoms with Crippen LogP contribution >= 0.6 is 0 Å². The van der Waals surface area contributed by atoms with Gasteiger partial charge in [0.15, 0.2) is 6.23 Å². The number of aromatic nitrogens is 2. The second-order valence-corrected chi connectivity index (χ2v) is 4.43. The van der Waals surface area contributed by atoms with E-state index in [1.165, 1.54) is 6.20 Å². The lowest BCUT2D eigenvalue weighted by Crippen LogP contribution is -2.37. The molecular weight excluding hydrogens is 270 g/mol. The minimum Gasteiger partial charge on any atom is -0.387 e. The molecule has 1 aliphatic rings. The van der Waals surface area contributed by atoms with Crippen LogP contribution in [-0.4, -0.2) is 57.8 Å². The number of nitrogens with zero attached hydrogens (tertiary/aromatic N) is 1. The van der Waals surface area contributed by atoms with Gasteiger partial charge in [0, 0.05) is 18.8 Å². The molecule has 0 amide bonds. The normalized spacial score (nSPS) is 29.8. The third kappa shape index (κ3) is 2.97. The van der Waals surface area contributed by atoms with Crippen LogP contribution in [0.15, 0.2) is 21.9 Å². The number of aliphatic hydroxyl groups is 2. The first-order chi connectivity index (χ1) is 9.54. The summed E-state index contributed by atoms with van der Waals surface area (Å²) in [5.41, 5.74) is 3.99. The molecule has 2 heterocycles. The zero-order chi connectivity index (χ0) is 14.7. The van der Waals surface area contributed by atoms with Crippen LogP contribution in [0.5, 0.6) is 0 Å². The van der Waals surface area contributed by atoms with Crippen LogP contribution in [-0.2, 0) is 9.47 Å². The van der Waals surface area contributed by atoms with Crippen LogP contribution < -0.4 is 17.0 Å². The monoisotopic (exact) mass is 287 g/mol. The Balaban J connectivity index is 2.13. The number of nitrogens with one attached hydrogen (secondary N) is 1. The zero-order valence-corrected chi connectivity index (χ0v) is 10.6. The second-order valence-electron chi connectivity index (χ2n) is 4.43. The van der Waals surface area contributed by atoms with Gasteiger partial charge in [-0.05, 0) is 0 Å². The van der Waals surface area contributed by atoms with Crippen molar-refractivity contribution in [2.45, 2.75) is 24.5 Å². The molecule has 0 saturated carbocycles. The van der Waals surface area contributed by atoms with Crippen molar-refractivity contribution < 1.29 is 19.7 Å². The van der Waals surface area contributed by atoms with Gasteiger partial charge in [-0.25, -0.2) is 4.79 Å². The lowest BCUT2D eigenvalue weighted by atomic mass is 10.1. The summed E-state index contributed by atoms with van der Waals surface area (Å²) < 4.78 is 11.6. The molecule has 1 aromatic heterocycles. The van der Waals surface area contributed by atoms with Crippen LogP contribution in [0.4, 0.5) is 0 Å². The van der Waals surface area contributed by atoms with Gasteiger partial charge >= 0.3 is 5.69 Å². The Morgan fingerprint density at radius 3 is 2.80 bits per heavy atom. The van der Waals surface area contributed by atoms with Crippen molar-refractivity contribution >= 4 is 0 Å². The molecule has 9 nitrogen and oxygen atoms in total. The number of aliphatic hydroxyl groups excluding tert-OH is 2. The maximum atomic E-state index is 11.6. The smallest absolute Gasteiger partial charge is 0.330 e. The summed E-state index contributed by atoms with van der Waals surface area (Å²) in [6, 6.07) is 1.13. The van der Waals surface area contributed by atoms with Crippen molar-refractivity contribution in [2.75, 3.05) is 19.8 Å². The van der Waals surface area contributed by atoms with Crippen LogP contribution in [0.3, 0.4) is 0 Å². The van der Waals surface area contributed by atoms with E-state index in [9.17, 15) is 19.8 Å². The van der Waals surface area contributed by atoms with E-state index < -0.39 is 35.8 Å². The van der Waals surface area contributed by atoms with Gasteiger partial charge < -0.3 is 25.4 Å². The number of nitrogens with two attached hydrogens (primary N) is 1. The average molecular weight is 287 g/mol. The van der Waals surface area contributed by atoms with Gasteiger partial charge in [-0.15, -0.1) is 0 Å². The highest BCUT2D eigenvalue weighted by atomic mass is 16.6. The number of rotatable bonds is 5. The van der Waals surface area contributed by atoms with Crippen LogP contribution in [0.1, 0.15) is 6.23 Å². The molecule has 20 heavy (non-hydrogen) atoms. The fourth-order valence-electron chi connectivity index (χ4n) is 2.01. The SMILES string of the molecule is NCCOC[C@H]1O[C@@H](n2ccc(=O)[nH]c2=O)[C@H](O)[C@@H]1O. The number of H-pyrrole nitrogens is 1. The van der Waals surface area contributed by atoms with E-state index in [1.807, 2.05) is 4.98 Å². The maximum Gasteiger partial charge on any atom is 0.330 e. The Morgan fingerprint density at radius 2 is 2.15 bits per heavy atom. The fraction of sp³-hybridized carbons (Fsp3) is 0.636. The zero-order valence-electron chi connectivity index (χ0n) is 10.6. The lowest BCUT2D eigenvalue weighted by Gasteiger charge is -2.16. The Labute approximate surface area is 113 Å². The Morgan fingerprint density at radius 1 is 1.40 bits per heavy atom. The molecule has 0 aliphatic carbocycles. The molecule has 2 rings (SSSR count). The Hall–Kier alpha value is -1.52. The molecule has 0 bridgehead atoms. The largest absolute Gasteiger partial charge is 0.387 e. The quantitative estimate of drug-likeness (QED) is 0.427. The predicted octanol–water partition coefficient (Wildman–Crippen LogP) is -2.87. The van der Waals surface area contributed by atoms with Crippen molar-refractivity contribution in [1.29, 1.82) is 0 Å². The molecule has 1 aromatic rings. The summed E-state index contributed by atoms with van der Waals surface area (Å²) in [7, 11) is 0. The van der Waals surface area contributed by atoms with Gasteiger partial charge in [-0.1, -0.05) is 0 Å². The van der Waals surface area contributed by atoms with Crippen LogP contribution in [0.25, 0.3) is 0 Å². The van der Waals surface area contributed by atoms with E-state index in [2.05, 4.69) is 0 Å². The van der Waals surface area contributed by atoms with Gasteiger partial charge in [0.1, 0.15) is 18.3 Å². The van der Waals surface area contributed by atoms with E-state index >= 15 is 0 Å². The first-order valence-corrected chi connectivity index (χ1v) is 6.15. The van der Waals surface area contributed by atoms with E-state index in [0.717, 1.165) is 10.6 Å². The number of aromatic amines is 1. The third-order valence-corrected chi connectivity index (χ3v) is 3.01. The minimum atomic E-state index is -1.30. The Kier molecular flexibility index (Phi) is 4.68. The molecule has 0 spiro atoms. The number of ether oxygens (including phenoxy) is 2. The lowest BCUT2D eigenvalue weighted by molar-refractivity contribution is -0.0674. The van der Waals surface area contributed by atoms with E-state index in [0.29, 0.717) is 13.2 Å². The van der Waals surface area contributed by atoms with Crippen molar-refractivity contribution in [2.24, 2.45) is 5.73 Å². The molecule has 9 heteroatoms. The molecule has 0 unspecified atom stereocenters. The number of hydrogen-bond donors (Lipinski definition) is 4. The minimum absolute atomic E-state index is 0.0457. The molecule has 1 aliphatic heterocycles.